The summed E-state index contributed by atoms with van der Waals surface area (Å²) in [7, 11) is -3.57. The van der Waals surface area contributed by atoms with Crippen molar-refractivity contribution in [2.45, 2.75) is 30.1 Å². The Kier molecular flexibility index (Phi) is 5.71. The van der Waals surface area contributed by atoms with E-state index in [-0.39, 0.29) is 16.9 Å². The first-order valence-electron chi connectivity index (χ1n) is 6.18. The Bertz CT molecular complexity index is 653. The molecule has 0 heterocycles. The van der Waals surface area contributed by atoms with Crippen LogP contribution in [-0.4, -0.2) is 32.2 Å². The number of sulfone groups is 1. The molecule has 0 aliphatic carbocycles. The van der Waals surface area contributed by atoms with Gasteiger partial charge in [0.25, 0.3) is 5.69 Å². The zero-order valence-corrected chi connectivity index (χ0v) is 12.2. The van der Waals surface area contributed by atoms with Crippen LogP contribution in [0.25, 0.3) is 0 Å². The minimum atomic E-state index is -3.57. The summed E-state index contributed by atoms with van der Waals surface area (Å²) in [5, 5.41) is 11.1. The van der Waals surface area contributed by atoms with E-state index in [1.807, 2.05) is 0 Å². The highest BCUT2D eigenvalue weighted by Crippen LogP contribution is 2.31. The molecule has 0 aliphatic heterocycles. The molecule has 0 N–H and O–H groups in total. The number of hydrogen-bond acceptors (Lipinski definition) is 6. The Morgan fingerprint density at radius 3 is 2.48 bits per heavy atom. The zero-order chi connectivity index (χ0) is 16.0. The van der Waals surface area contributed by atoms with E-state index in [9.17, 15) is 28.1 Å². The molecule has 0 fully saturated rings. The summed E-state index contributed by atoms with van der Waals surface area (Å²) in [6.07, 6.45) is 3.22. The molecule has 0 radical (unpaired) electrons. The molecule has 1 atom stereocenters. The highest BCUT2D eigenvalue weighted by Gasteiger charge is 2.24. The van der Waals surface area contributed by atoms with Gasteiger partial charge in [0.2, 0.25) is 0 Å². The molecule has 1 unspecified atom stereocenters. The predicted octanol–water partition coefficient (Wildman–Crippen LogP) is 1.65. The van der Waals surface area contributed by atoms with Gasteiger partial charge < -0.3 is 9.59 Å². The molecule has 0 saturated carbocycles. The maximum absolute atomic E-state index is 11.4. The van der Waals surface area contributed by atoms with Crippen molar-refractivity contribution in [2.24, 2.45) is 0 Å². The molecule has 1 aromatic rings. The van der Waals surface area contributed by atoms with Crippen LogP contribution in [0.5, 0.6) is 0 Å². The molecular formula is C13H15NO6S. The van der Waals surface area contributed by atoms with E-state index in [2.05, 4.69) is 0 Å². The number of hydrogen-bond donors (Lipinski definition) is 0. The van der Waals surface area contributed by atoms with Crippen LogP contribution in [-0.2, 0) is 19.4 Å². The van der Waals surface area contributed by atoms with Crippen molar-refractivity contribution in [1.82, 2.24) is 0 Å². The smallest absolute Gasteiger partial charge is 0.274 e. The lowest BCUT2D eigenvalue weighted by Gasteiger charge is -2.11. The fraction of sp³-hybridized carbons (Fsp3) is 0.385. The van der Waals surface area contributed by atoms with Crippen molar-refractivity contribution < 1.29 is 22.9 Å². The molecular weight excluding hydrogens is 298 g/mol. The van der Waals surface area contributed by atoms with Gasteiger partial charge >= 0.3 is 0 Å². The van der Waals surface area contributed by atoms with Crippen molar-refractivity contribution >= 4 is 28.1 Å². The topological polar surface area (TPSA) is 111 Å². The molecule has 0 aromatic heterocycles. The lowest BCUT2D eigenvalue weighted by Crippen LogP contribution is -2.07. The molecule has 1 rings (SSSR count). The van der Waals surface area contributed by atoms with Crippen LogP contribution in [0.3, 0.4) is 0 Å². The van der Waals surface area contributed by atoms with Gasteiger partial charge in [-0.25, -0.2) is 8.42 Å². The summed E-state index contributed by atoms with van der Waals surface area (Å²) in [6, 6.07) is 3.49. The van der Waals surface area contributed by atoms with Gasteiger partial charge in [-0.05, 0) is 18.9 Å². The Morgan fingerprint density at radius 2 is 2.00 bits per heavy atom. The van der Waals surface area contributed by atoms with Crippen molar-refractivity contribution in [3.8, 4) is 0 Å². The van der Waals surface area contributed by atoms with Gasteiger partial charge in [-0.1, -0.05) is 6.07 Å². The van der Waals surface area contributed by atoms with Crippen LogP contribution in [0.1, 0.15) is 30.7 Å². The van der Waals surface area contributed by atoms with Gasteiger partial charge in [0.1, 0.15) is 12.6 Å². The number of nitro groups is 1. The van der Waals surface area contributed by atoms with Crippen molar-refractivity contribution in [3.05, 3.63) is 33.9 Å². The molecule has 7 nitrogen and oxygen atoms in total. The summed E-state index contributed by atoms with van der Waals surface area (Å²) >= 11 is 0. The summed E-state index contributed by atoms with van der Waals surface area (Å²) < 4.78 is 22.9. The first-order valence-corrected chi connectivity index (χ1v) is 8.07. The molecule has 0 aliphatic rings. The first kappa shape index (κ1) is 17.0. The molecule has 114 valence electrons. The second kappa shape index (κ2) is 7.07. The van der Waals surface area contributed by atoms with E-state index >= 15 is 0 Å². The van der Waals surface area contributed by atoms with Crippen LogP contribution in [0.15, 0.2) is 23.1 Å². The number of rotatable bonds is 8. The van der Waals surface area contributed by atoms with Gasteiger partial charge in [0.15, 0.2) is 9.84 Å². The van der Waals surface area contributed by atoms with E-state index in [1.54, 1.807) is 0 Å². The third-order valence-corrected chi connectivity index (χ3v) is 4.14. The number of nitro benzene ring substituents is 1. The number of benzene rings is 1. The third kappa shape index (κ3) is 4.45. The largest absolute Gasteiger partial charge is 0.303 e. The maximum atomic E-state index is 11.4. The Balaban J connectivity index is 3.24. The van der Waals surface area contributed by atoms with Crippen molar-refractivity contribution in [2.75, 3.05) is 6.26 Å². The van der Waals surface area contributed by atoms with Crippen LogP contribution in [0.4, 0.5) is 5.69 Å². The molecule has 0 saturated heterocycles. The van der Waals surface area contributed by atoms with Crippen molar-refractivity contribution in [3.63, 3.8) is 0 Å². The first-order chi connectivity index (χ1) is 9.81. The van der Waals surface area contributed by atoms with E-state index in [4.69, 9.17) is 0 Å². The summed E-state index contributed by atoms with van der Waals surface area (Å²) in [5.74, 6) is -0.737. The average molecular weight is 313 g/mol. The molecule has 0 amide bonds. The number of carbonyl (C=O) groups excluding carboxylic acids is 2. The number of unbranched alkanes of at least 4 members (excludes halogenated alkanes) is 1. The predicted molar refractivity (Wildman–Crippen MR) is 74.9 cm³/mol. The van der Waals surface area contributed by atoms with Gasteiger partial charge in [-0.15, -0.1) is 0 Å². The summed E-state index contributed by atoms with van der Waals surface area (Å²) in [6.45, 7) is 0. The lowest BCUT2D eigenvalue weighted by molar-refractivity contribution is -0.385. The van der Waals surface area contributed by atoms with Crippen LogP contribution in [0.2, 0.25) is 0 Å². The van der Waals surface area contributed by atoms with E-state index in [0.29, 0.717) is 25.4 Å². The van der Waals surface area contributed by atoms with Gasteiger partial charge in [-0.2, -0.15) is 0 Å². The fourth-order valence-electron chi connectivity index (χ4n) is 1.94. The maximum Gasteiger partial charge on any atom is 0.274 e. The third-order valence-electron chi connectivity index (χ3n) is 3.03. The number of nitrogens with zero attached hydrogens (tertiary/aromatic N) is 1. The summed E-state index contributed by atoms with van der Waals surface area (Å²) in [4.78, 5) is 31.6. The van der Waals surface area contributed by atoms with E-state index in [1.165, 1.54) is 12.1 Å². The Hall–Kier alpha value is -2.09. The normalized spacial score (nSPS) is 12.6. The van der Waals surface area contributed by atoms with Crippen LogP contribution < -0.4 is 0 Å². The Labute approximate surface area is 122 Å². The number of carbonyl (C=O) groups is 2. The molecule has 21 heavy (non-hydrogen) atoms. The average Bonchev–Trinajstić information content (AvgIpc) is 2.42. The number of aldehydes is 2. The van der Waals surface area contributed by atoms with E-state index in [0.717, 1.165) is 12.3 Å². The second-order valence-electron chi connectivity index (χ2n) is 4.59. The van der Waals surface area contributed by atoms with Gasteiger partial charge in [0, 0.05) is 30.2 Å². The van der Waals surface area contributed by atoms with Crippen LogP contribution >= 0.6 is 0 Å². The van der Waals surface area contributed by atoms with Gasteiger partial charge in [-0.3, -0.25) is 10.1 Å². The SMILES string of the molecule is CS(=O)(=O)c1ccc(C(C=O)CCCC=O)c([N+](=O)[O-])c1. The molecule has 1 aromatic carbocycles. The molecule has 8 heteroatoms. The van der Waals surface area contributed by atoms with Crippen LogP contribution in [0, 0.1) is 10.1 Å². The quantitative estimate of drug-likeness (QED) is 0.312. The standard InChI is InChI=1S/C13H15NO6S/c1-21(19,20)11-5-6-12(13(8-11)14(17)18)10(9-16)4-2-3-7-15/h5-10H,2-4H2,1H3. The second-order valence-corrected chi connectivity index (χ2v) is 6.61. The fourth-order valence-corrected chi connectivity index (χ4v) is 2.58. The highest BCUT2D eigenvalue weighted by atomic mass is 32.2. The summed E-state index contributed by atoms with van der Waals surface area (Å²) in [5.41, 5.74) is -0.241. The minimum absolute atomic E-state index is 0.160. The highest BCUT2D eigenvalue weighted by molar-refractivity contribution is 7.90. The monoisotopic (exact) mass is 313 g/mol. The van der Waals surface area contributed by atoms with Gasteiger partial charge in [0.05, 0.1) is 9.82 Å². The zero-order valence-electron chi connectivity index (χ0n) is 11.4. The lowest BCUT2D eigenvalue weighted by atomic mass is 9.93. The minimum Gasteiger partial charge on any atom is -0.303 e. The van der Waals surface area contributed by atoms with Crippen molar-refractivity contribution in [1.29, 1.82) is 0 Å². The van der Waals surface area contributed by atoms with E-state index < -0.39 is 26.4 Å². The Morgan fingerprint density at radius 1 is 1.33 bits per heavy atom. The molecule has 0 bridgehead atoms. The molecule has 0 spiro atoms.